The van der Waals surface area contributed by atoms with Crippen molar-refractivity contribution in [1.82, 2.24) is 40.4 Å². The van der Waals surface area contributed by atoms with Crippen LogP contribution in [0.4, 0.5) is 9.59 Å². The smallest absolute Gasteiger partial charge is 0.407 e. The topological polar surface area (TPSA) is 204 Å². The van der Waals surface area contributed by atoms with Gasteiger partial charge in [0, 0.05) is 18.7 Å². The van der Waals surface area contributed by atoms with E-state index >= 15 is 0 Å². The molecule has 16 nitrogen and oxygen atoms in total. The number of amides is 4. The zero-order valence-corrected chi connectivity index (χ0v) is 34.5. The molecular weight excluding hydrogens is 793 g/mol. The lowest BCUT2D eigenvalue weighted by atomic mass is 9.98. The molecule has 0 saturated carbocycles. The summed E-state index contributed by atoms with van der Waals surface area (Å²) in [6.45, 7) is 2.75. The number of ether oxygens (including phenoxy) is 3. The fourth-order valence-corrected chi connectivity index (χ4v) is 8.18. The maximum Gasteiger partial charge on any atom is 0.407 e. The number of rotatable bonds is 11. The van der Waals surface area contributed by atoms with Crippen molar-refractivity contribution in [3.63, 3.8) is 0 Å². The Bertz CT molecular complexity index is 2560. The number of nitrogens with one attached hydrogen (secondary N) is 4. The molecule has 4 aromatic carbocycles. The average Bonchev–Trinajstić information content (AvgIpc) is 4.12. The van der Waals surface area contributed by atoms with Crippen molar-refractivity contribution in [3.8, 4) is 33.6 Å². The number of likely N-dealkylation sites (tertiary alicyclic amines) is 1. The standard InChI is InChI=1S/C46H48N8O8/c1-27(55)39(51-45(58)60-2)43(56)54-20-21-62-26-38(54)42-48-25-36(50-42)34-18-17-32-22-31(15-16-33(32)23-34)28-11-13-29(14-12-28)35-24-47-41(49-35)37-10-7-19-53(37)44(57)40(52-46(59)61-3)30-8-5-4-6-9-30/h4-6,8-9,11-18,22-25,27,37-40,55H,7,10,19-21,26H2,1-3H3,(H,47,49)(H,48,50)(H,51,58)(H,52,59). The third kappa shape index (κ3) is 8.73. The van der Waals surface area contributed by atoms with Gasteiger partial charge >= 0.3 is 12.2 Å². The van der Waals surface area contributed by atoms with Gasteiger partial charge in [-0.3, -0.25) is 9.59 Å². The molecule has 5 atom stereocenters. The molecule has 2 aliphatic rings. The van der Waals surface area contributed by atoms with Gasteiger partial charge in [-0.05, 0) is 64.9 Å². The van der Waals surface area contributed by atoms with Crippen molar-refractivity contribution in [2.24, 2.45) is 0 Å². The van der Waals surface area contributed by atoms with E-state index in [1.165, 1.54) is 21.1 Å². The number of carbonyl (C=O) groups is 4. The quantitative estimate of drug-likeness (QED) is 0.102. The highest BCUT2D eigenvalue weighted by Crippen LogP contribution is 2.35. The second kappa shape index (κ2) is 18.3. The monoisotopic (exact) mass is 840 g/mol. The Morgan fingerprint density at radius 2 is 1.31 bits per heavy atom. The molecule has 4 amide bonds. The molecule has 0 aliphatic carbocycles. The fourth-order valence-electron chi connectivity index (χ4n) is 8.18. The van der Waals surface area contributed by atoms with Gasteiger partial charge in [0.15, 0.2) is 0 Å². The van der Waals surface area contributed by atoms with Crippen LogP contribution in [0.5, 0.6) is 0 Å². The summed E-state index contributed by atoms with van der Waals surface area (Å²) in [6, 6.07) is 26.9. The van der Waals surface area contributed by atoms with E-state index < -0.39 is 42.3 Å². The number of aromatic nitrogens is 4. The molecule has 2 saturated heterocycles. The number of fused-ring (bicyclic) bond motifs is 1. The molecule has 0 spiro atoms. The fraction of sp³-hybridized carbons (Fsp3) is 0.304. The highest BCUT2D eigenvalue weighted by Gasteiger charge is 2.39. The minimum atomic E-state index is -1.20. The predicted octanol–water partition coefficient (Wildman–Crippen LogP) is 6.05. The number of methoxy groups -OCH3 is 2. The van der Waals surface area contributed by atoms with Crippen LogP contribution in [0.1, 0.15) is 55.1 Å². The van der Waals surface area contributed by atoms with Gasteiger partial charge in [0.2, 0.25) is 5.91 Å². The number of aliphatic hydroxyl groups is 1. The van der Waals surface area contributed by atoms with Crippen molar-refractivity contribution in [2.75, 3.05) is 40.5 Å². The third-order valence-corrected chi connectivity index (χ3v) is 11.5. The molecule has 5 N–H and O–H groups in total. The van der Waals surface area contributed by atoms with Gasteiger partial charge in [0.05, 0.1) is 63.4 Å². The Balaban J connectivity index is 0.948. The first-order valence-corrected chi connectivity index (χ1v) is 20.5. The second-order valence-electron chi connectivity index (χ2n) is 15.4. The summed E-state index contributed by atoms with van der Waals surface area (Å²) in [5.41, 5.74) is 6.24. The van der Waals surface area contributed by atoms with Crippen molar-refractivity contribution >= 4 is 34.8 Å². The SMILES string of the molecule is COC(=O)NC(C(=O)N1CCCC1c1ncc(-c2ccc(-c3ccc4cc(-c5cnc(C6COCCN6C(=O)C(NC(=O)OC)C(C)O)[nH]5)ccc4c3)cc2)[nH]1)c1ccccc1. The number of hydrogen-bond donors (Lipinski definition) is 5. The van der Waals surface area contributed by atoms with Crippen molar-refractivity contribution < 1.29 is 38.5 Å². The van der Waals surface area contributed by atoms with Crippen LogP contribution < -0.4 is 10.6 Å². The molecule has 6 aromatic rings. The van der Waals surface area contributed by atoms with Gasteiger partial charge in [-0.15, -0.1) is 0 Å². The average molecular weight is 841 g/mol. The van der Waals surface area contributed by atoms with Crippen LogP contribution in [0, 0.1) is 0 Å². The third-order valence-electron chi connectivity index (χ3n) is 11.5. The first-order valence-electron chi connectivity index (χ1n) is 20.5. The van der Waals surface area contributed by atoms with E-state index in [1.807, 2.05) is 48.5 Å². The first-order chi connectivity index (χ1) is 30.1. The Hall–Kier alpha value is -7.04. The molecule has 4 heterocycles. The number of imidazole rings is 2. The molecule has 2 aliphatic heterocycles. The van der Waals surface area contributed by atoms with Crippen LogP contribution in [0.2, 0.25) is 0 Å². The second-order valence-corrected chi connectivity index (χ2v) is 15.4. The Morgan fingerprint density at radius 3 is 1.98 bits per heavy atom. The Morgan fingerprint density at radius 1 is 0.726 bits per heavy atom. The van der Waals surface area contributed by atoms with Crippen LogP contribution >= 0.6 is 0 Å². The molecule has 0 radical (unpaired) electrons. The van der Waals surface area contributed by atoms with E-state index in [2.05, 4.69) is 72.8 Å². The number of morpholine rings is 1. The maximum atomic E-state index is 13.9. The van der Waals surface area contributed by atoms with E-state index in [9.17, 15) is 24.3 Å². The van der Waals surface area contributed by atoms with Crippen LogP contribution in [-0.2, 0) is 23.8 Å². The lowest BCUT2D eigenvalue weighted by Gasteiger charge is -2.37. The minimum Gasteiger partial charge on any atom is -0.453 e. The zero-order valence-electron chi connectivity index (χ0n) is 34.5. The number of carbonyl (C=O) groups excluding carboxylic acids is 4. The number of hydrogen-bond acceptors (Lipinski definition) is 10. The molecule has 16 heteroatoms. The molecule has 320 valence electrons. The minimum absolute atomic E-state index is 0.199. The van der Waals surface area contributed by atoms with E-state index in [1.54, 1.807) is 22.2 Å². The lowest BCUT2D eigenvalue weighted by Crippen LogP contribution is -2.56. The van der Waals surface area contributed by atoms with Crippen LogP contribution in [-0.4, -0.2) is 112 Å². The molecule has 2 fully saturated rings. The lowest BCUT2D eigenvalue weighted by molar-refractivity contribution is -0.145. The first kappa shape index (κ1) is 41.7. The van der Waals surface area contributed by atoms with Crippen molar-refractivity contribution in [1.29, 1.82) is 0 Å². The van der Waals surface area contributed by atoms with Gasteiger partial charge in [-0.2, -0.15) is 0 Å². The number of H-pyrrole nitrogens is 2. The van der Waals surface area contributed by atoms with Gasteiger partial charge in [-0.25, -0.2) is 19.6 Å². The van der Waals surface area contributed by atoms with Gasteiger partial charge < -0.3 is 49.7 Å². The summed E-state index contributed by atoms with van der Waals surface area (Å²) in [5, 5.41) is 17.5. The Labute approximate surface area is 357 Å². The van der Waals surface area contributed by atoms with Crippen molar-refractivity contribution in [3.05, 3.63) is 121 Å². The highest BCUT2D eigenvalue weighted by molar-refractivity contribution is 5.91. The summed E-state index contributed by atoms with van der Waals surface area (Å²) in [7, 11) is 2.47. The number of benzene rings is 4. The molecule has 0 bridgehead atoms. The van der Waals surface area contributed by atoms with E-state index in [-0.39, 0.29) is 25.1 Å². The molecular formula is C46H48N8O8. The van der Waals surface area contributed by atoms with E-state index in [0.717, 1.165) is 57.3 Å². The normalized spacial score (nSPS) is 17.9. The van der Waals surface area contributed by atoms with E-state index in [0.29, 0.717) is 30.4 Å². The molecule has 8 rings (SSSR count). The van der Waals surface area contributed by atoms with Gasteiger partial charge in [0.1, 0.15) is 29.8 Å². The highest BCUT2D eigenvalue weighted by atomic mass is 16.5. The predicted molar refractivity (Wildman–Crippen MR) is 229 cm³/mol. The summed E-state index contributed by atoms with van der Waals surface area (Å²) in [6.07, 6.45) is 2.42. The molecule has 62 heavy (non-hydrogen) atoms. The Kier molecular flexibility index (Phi) is 12.3. The number of nitrogens with zero attached hydrogens (tertiary/aromatic N) is 4. The summed E-state index contributed by atoms with van der Waals surface area (Å²) in [4.78, 5) is 71.1. The van der Waals surface area contributed by atoms with Crippen LogP contribution in [0.25, 0.3) is 44.4 Å². The van der Waals surface area contributed by atoms with Crippen LogP contribution in [0.15, 0.2) is 103 Å². The number of alkyl carbamates (subject to hydrolysis) is 2. The molecule has 2 aromatic heterocycles. The number of aliphatic hydroxyl groups excluding tert-OH is 1. The van der Waals surface area contributed by atoms with E-state index in [4.69, 9.17) is 14.5 Å². The summed E-state index contributed by atoms with van der Waals surface area (Å²) in [5.74, 6) is 0.533. The summed E-state index contributed by atoms with van der Waals surface area (Å²) < 4.78 is 15.2. The zero-order chi connectivity index (χ0) is 43.3. The van der Waals surface area contributed by atoms with Crippen molar-refractivity contribution in [2.45, 2.75) is 50.0 Å². The molecule has 5 unspecified atom stereocenters. The maximum absolute atomic E-state index is 13.9. The number of aromatic amines is 2. The van der Waals surface area contributed by atoms with Gasteiger partial charge in [0.25, 0.3) is 5.91 Å². The van der Waals surface area contributed by atoms with Gasteiger partial charge in [-0.1, -0.05) is 78.9 Å². The van der Waals surface area contributed by atoms with Crippen LogP contribution in [0.3, 0.4) is 0 Å². The summed E-state index contributed by atoms with van der Waals surface area (Å²) >= 11 is 0. The largest absolute Gasteiger partial charge is 0.453 e.